The average molecular weight is 298 g/mol. The van der Waals surface area contributed by atoms with E-state index in [0.717, 1.165) is 39.4 Å². The molecular weight excluding hydrogens is 272 g/mol. The lowest BCUT2D eigenvalue weighted by Crippen LogP contribution is -2.42. The number of rotatable bonds is 8. The molecule has 7 heteroatoms. The van der Waals surface area contributed by atoms with Crippen molar-refractivity contribution in [3.63, 3.8) is 0 Å². The van der Waals surface area contributed by atoms with Crippen LogP contribution >= 0.6 is 0 Å². The van der Waals surface area contributed by atoms with Crippen LogP contribution in [0.5, 0.6) is 0 Å². The second-order valence-electron chi connectivity index (χ2n) is 5.66. The van der Waals surface area contributed by atoms with Gasteiger partial charge in [-0.1, -0.05) is 19.0 Å². The minimum Gasteiger partial charge on any atom is -0.395 e. The lowest BCUT2D eigenvalue weighted by molar-refractivity contribution is 0.0318. The van der Waals surface area contributed by atoms with Crippen LogP contribution in [-0.4, -0.2) is 77.6 Å². The Morgan fingerprint density at radius 1 is 1.29 bits per heavy atom. The molecule has 21 heavy (non-hydrogen) atoms. The number of nitrogens with zero attached hydrogens (tertiary/aromatic N) is 4. The third-order valence-corrected chi connectivity index (χ3v) is 3.60. The summed E-state index contributed by atoms with van der Waals surface area (Å²) in [6.45, 7) is 10.9. The Hall–Kier alpha value is -1.02. The van der Waals surface area contributed by atoms with Gasteiger partial charge in [0, 0.05) is 38.6 Å². The van der Waals surface area contributed by atoms with Crippen molar-refractivity contribution in [1.82, 2.24) is 19.9 Å². The van der Waals surface area contributed by atoms with Crippen LogP contribution in [0.4, 0.5) is 0 Å². The van der Waals surface area contributed by atoms with Crippen LogP contribution in [0.25, 0.3) is 0 Å². The quantitative estimate of drug-likeness (QED) is 0.740. The molecule has 0 unspecified atom stereocenters. The molecule has 1 aromatic heterocycles. The summed E-state index contributed by atoms with van der Waals surface area (Å²) in [5.41, 5.74) is 0. The van der Waals surface area contributed by atoms with E-state index >= 15 is 0 Å². The van der Waals surface area contributed by atoms with Gasteiger partial charge in [0.1, 0.15) is 0 Å². The minimum absolute atomic E-state index is 0.137. The first-order valence-corrected chi connectivity index (χ1v) is 7.65. The second kappa shape index (κ2) is 8.43. The lowest BCUT2D eigenvalue weighted by atomic mass is 10.2. The van der Waals surface area contributed by atoms with Crippen LogP contribution in [-0.2, 0) is 11.3 Å². The minimum atomic E-state index is 0.137. The molecule has 0 aromatic carbocycles. The standard InChI is InChI=1S/C14H26N4O3/c1-12(2)14-15-13(16-21-14)11-18(5-8-19)4-3-17-6-9-20-10-7-17/h12,19H,3-11H2,1-2H3. The van der Waals surface area contributed by atoms with Gasteiger partial charge < -0.3 is 14.4 Å². The number of aliphatic hydroxyl groups is 1. The highest BCUT2D eigenvalue weighted by atomic mass is 16.5. The molecule has 0 bridgehead atoms. The van der Waals surface area contributed by atoms with E-state index in [4.69, 9.17) is 9.26 Å². The fourth-order valence-corrected chi connectivity index (χ4v) is 2.29. The van der Waals surface area contributed by atoms with Crippen LogP contribution in [0.3, 0.4) is 0 Å². The van der Waals surface area contributed by atoms with Crippen molar-refractivity contribution in [1.29, 1.82) is 0 Å². The summed E-state index contributed by atoms with van der Waals surface area (Å²) in [5, 5.41) is 13.2. The van der Waals surface area contributed by atoms with Crippen molar-refractivity contribution >= 4 is 0 Å². The summed E-state index contributed by atoms with van der Waals surface area (Å²) in [6.07, 6.45) is 0. The number of aromatic nitrogens is 2. The van der Waals surface area contributed by atoms with Crippen molar-refractivity contribution in [2.75, 3.05) is 52.5 Å². The predicted molar refractivity (Wildman–Crippen MR) is 78.0 cm³/mol. The zero-order valence-corrected chi connectivity index (χ0v) is 13.0. The van der Waals surface area contributed by atoms with E-state index in [1.54, 1.807) is 0 Å². The largest absolute Gasteiger partial charge is 0.395 e. The molecule has 0 atom stereocenters. The number of hydrogen-bond donors (Lipinski definition) is 1. The highest BCUT2D eigenvalue weighted by molar-refractivity contribution is 4.90. The molecule has 2 rings (SSSR count). The number of ether oxygens (including phenoxy) is 1. The molecule has 1 N–H and O–H groups in total. The Morgan fingerprint density at radius 3 is 2.67 bits per heavy atom. The van der Waals surface area contributed by atoms with Gasteiger partial charge in [-0.3, -0.25) is 9.80 Å². The smallest absolute Gasteiger partial charge is 0.229 e. The van der Waals surface area contributed by atoms with Gasteiger partial charge in [0.05, 0.1) is 26.4 Å². The molecule has 0 aliphatic carbocycles. The maximum absolute atomic E-state index is 9.21. The normalized spacial score (nSPS) is 17.0. The van der Waals surface area contributed by atoms with Crippen LogP contribution in [0.1, 0.15) is 31.5 Å². The summed E-state index contributed by atoms with van der Waals surface area (Å²) in [4.78, 5) is 8.93. The first kappa shape index (κ1) is 16.4. The van der Waals surface area contributed by atoms with Gasteiger partial charge in [-0.05, 0) is 0 Å². The zero-order chi connectivity index (χ0) is 15.1. The van der Waals surface area contributed by atoms with Gasteiger partial charge in [0.2, 0.25) is 5.89 Å². The Balaban J connectivity index is 1.82. The third kappa shape index (κ3) is 5.35. The average Bonchev–Trinajstić information content (AvgIpc) is 2.95. The molecule has 7 nitrogen and oxygen atoms in total. The monoisotopic (exact) mass is 298 g/mol. The molecule has 1 aliphatic rings. The topological polar surface area (TPSA) is 74.9 Å². The second-order valence-corrected chi connectivity index (χ2v) is 5.66. The van der Waals surface area contributed by atoms with Crippen molar-refractivity contribution in [2.45, 2.75) is 26.3 Å². The molecule has 1 aromatic rings. The highest BCUT2D eigenvalue weighted by Gasteiger charge is 2.15. The molecular formula is C14H26N4O3. The molecule has 1 fully saturated rings. The van der Waals surface area contributed by atoms with Gasteiger partial charge in [-0.25, -0.2) is 0 Å². The predicted octanol–water partition coefficient (Wildman–Crippen LogP) is 0.320. The third-order valence-electron chi connectivity index (χ3n) is 3.60. The summed E-state index contributed by atoms with van der Waals surface area (Å²) in [5.74, 6) is 1.60. The molecule has 0 radical (unpaired) electrons. The van der Waals surface area contributed by atoms with Crippen molar-refractivity contribution in [2.24, 2.45) is 0 Å². The SMILES string of the molecule is CC(C)c1nc(CN(CCO)CCN2CCOCC2)no1. The van der Waals surface area contributed by atoms with Gasteiger partial charge in [0.25, 0.3) is 0 Å². The molecule has 1 aliphatic heterocycles. The molecule has 2 heterocycles. The maximum Gasteiger partial charge on any atom is 0.229 e. The fourth-order valence-electron chi connectivity index (χ4n) is 2.29. The fraction of sp³-hybridized carbons (Fsp3) is 0.857. The Bertz CT molecular complexity index is 405. The highest BCUT2D eigenvalue weighted by Crippen LogP contribution is 2.11. The van der Waals surface area contributed by atoms with Crippen molar-refractivity contribution in [3.05, 3.63) is 11.7 Å². The summed E-state index contributed by atoms with van der Waals surface area (Å²) in [7, 11) is 0. The van der Waals surface area contributed by atoms with Crippen LogP contribution in [0.15, 0.2) is 4.52 Å². The summed E-state index contributed by atoms with van der Waals surface area (Å²) < 4.78 is 10.6. The van der Waals surface area contributed by atoms with Crippen molar-refractivity contribution in [3.8, 4) is 0 Å². The number of hydrogen-bond acceptors (Lipinski definition) is 7. The first-order chi connectivity index (χ1) is 10.2. The van der Waals surface area contributed by atoms with E-state index in [-0.39, 0.29) is 12.5 Å². The Labute approximate surface area is 125 Å². The maximum atomic E-state index is 9.21. The van der Waals surface area contributed by atoms with Gasteiger partial charge in [0.15, 0.2) is 5.82 Å². The van der Waals surface area contributed by atoms with E-state index < -0.39 is 0 Å². The Kier molecular flexibility index (Phi) is 6.56. The van der Waals surface area contributed by atoms with Crippen molar-refractivity contribution < 1.29 is 14.4 Å². The van der Waals surface area contributed by atoms with E-state index in [2.05, 4.69) is 19.9 Å². The van der Waals surface area contributed by atoms with Gasteiger partial charge in [-0.2, -0.15) is 4.98 Å². The van der Waals surface area contributed by atoms with Crippen LogP contribution in [0.2, 0.25) is 0 Å². The molecule has 1 saturated heterocycles. The zero-order valence-electron chi connectivity index (χ0n) is 13.0. The van der Waals surface area contributed by atoms with E-state index in [1.165, 1.54) is 0 Å². The number of aliphatic hydroxyl groups excluding tert-OH is 1. The van der Waals surface area contributed by atoms with E-state index in [0.29, 0.717) is 24.8 Å². The van der Waals surface area contributed by atoms with Crippen LogP contribution < -0.4 is 0 Å². The molecule has 0 saturated carbocycles. The molecule has 0 spiro atoms. The van der Waals surface area contributed by atoms with E-state index in [1.807, 2.05) is 13.8 Å². The summed E-state index contributed by atoms with van der Waals surface area (Å²) >= 11 is 0. The summed E-state index contributed by atoms with van der Waals surface area (Å²) in [6, 6.07) is 0. The van der Waals surface area contributed by atoms with E-state index in [9.17, 15) is 5.11 Å². The lowest BCUT2D eigenvalue weighted by Gasteiger charge is -2.29. The molecule has 0 amide bonds. The first-order valence-electron chi connectivity index (χ1n) is 7.65. The van der Waals surface area contributed by atoms with Gasteiger partial charge in [-0.15, -0.1) is 0 Å². The Morgan fingerprint density at radius 2 is 2.05 bits per heavy atom. The van der Waals surface area contributed by atoms with Gasteiger partial charge >= 0.3 is 0 Å². The van der Waals surface area contributed by atoms with Crippen LogP contribution in [0, 0.1) is 0 Å². The molecule has 120 valence electrons. The number of morpholine rings is 1.